The lowest BCUT2D eigenvalue weighted by Crippen LogP contribution is -2.00. The summed E-state index contributed by atoms with van der Waals surface area (Å²) >= 11 is 5.60. The molecule has 0 radical (unpaired) electrons. The third kappa shape index (κ3) is 1.98. The fourth-order valence-electron chi connectivity index (χ4n) is 0.890. The van der Waals surface area contributed by atoms with Crippen LogP contribution in [-0.2, 0) is 0 Å². The first-order valence-electron chi connectivity index (χ1n) is 3.34. The highest BCUT2D eigenvalue weighted by atomic mass is 35.5. The topological polar surface area (TPSA) is 48.1 Å². The second-order valence-corrected chi connectivity index (χ2v) is 2.66. The van der Waals surface area contributed by atoms with Crippen molar-refractivity contribution >= 4 is 17.4 Å². The van der Waals surface area contributed by atoms with Crippen molar-refractivity contribution in [3.63, 3.8) is 0 Å². The van der Waals surface area contributed by atoms with E-state index in [1.54, 1.807) is 0 Å². The molecule has 0 aromatic carbocycles. The molecule has 0 fully saturated rings. The molecule has 2 N–H and O–H groups in total. The molecule has 1 heterocycles. The van der Waals surface area contributed by atoms with Crippen molar-refractivity contribution in [3.05, 3.63) is 16.8 Å². The Kier molecular flexibility index (Phi) is 2.87. The summed E-state index contributed by atoms with van der Waals surface area (Å²) in [7, 11) is 1.24. The van der Waals surface area contributed by atoms with Crippen molar-refractivity contribution in [2.75, 3.05) is 12.8 Å². The van der Waals surface area contributed by atoms with Gasteiger partial charge < -0.3 is 10.5 Å². The Bertz CT molecular complexity index is 320. The van der Waals surface area contributed by atoms with Crippen molar-refractivity contribution < 1.29 is 13.5 Å². The van der Waals surface area contributed by atoms with E-state index in [2.05, 4.69) is 9.72 Å². The van der Waals surface area contributed by atoms with Crippen LogP contribution in [0.25, 0.3) is 0 Å². The van der Waals surface area contributed by atoms with Gasteiger partial charge in [0.2, 0.25) is 0 Å². The van der Waals surface area contributed by atoms with Gasteiger partial charge in [0.25, 0.3) is 6.43 Å². The number of hydrogen-bond acceptors (Lipinski definition) is 3. The fraction of sp³-hybridized carbons (Fsp3) is 0.286. The van der Waals surface area contributed by atoms with Crippen molar-refractivity contribution in [3.8, 4) is 5.75 Å². The second-order valence-electron chi connectivity index (χ2n) is 2.25. The first kappa shape index (κ1) is 9.98. The van der Waals surface area contributed by atoms with Crippen molar-refractivity contribution in [2.24, 2.45) is 0 Å². The molecule has 0 saturated carbocycles. The van der Waals surface area contributed by atoms with Gasteiger partial charge in [-0.3, -0.25) is 0 Å². The molecule has 13 heavy (non-hydrogen) atoms. The predicted octanol–water partition coefficient (Wildman–Crippen LogP) is 2.26. The summed E-state index contributed by atoms with van der Waals surface area (Å²) in [5.74, 6) is -0.188. The van der Waals surface area contributed by atoms with Crippen LogP contribution in [0.4, 0.5) is 14.6 Å². The zero-order valence-corrected chi connectivity index (χ0v) is 7.48. The maximum Gasteiger partial charge on any atom is 0.284 e. The van der Waals surface area contributed by atoms with E-state index in [9.17, 15) is 8.78 Å². The molecule has 72 valence electrons. The molecule has 0 atom stereocenters. The smallest absolute Gasteiger partial charge is 0.284 e. The molecule has 0 saturated heterocycles. The number of ether oxygens (including phenoxy) is 1. The van der Waals surface area contributed by atoms with Gasteiger partial charge in [0.15, 0.2) is 11.4 Å². The van der Waals surface area contributed by atoms with Crippen LogP contribution in [0.15, 0.2) is 6.07 Å². The highest BCUT2D eigenvalue weighted by Gasteiger charge is 2.19. The number of anilines is 1. The first-order chi connectivity index (χ1) is 6.06. The van der Waals surface area contributed by atoms with E-state index in [0.29, 0.717) is 0 Å². The number of aromatic nitrogens is 1. The number of nitrogen functional groups attached to an aromatic ring is 1. The van der Waals surface area contributed by atoms with Gasteiger partial charge in [-0.05, 0) is 0 Å². The van der Waals surface area contributed by atoms with Crippen LogP contribution in [0.5, 0.6) is 5.75 Å². The molecule has 0 aliphatic heterocycles. The highest BCUT2D eigenvalue weighted by molar-refractivity contribution is 6.32. The van der Waals surface area contributed by atoms with Crippen LogP contribution in [0.1, 0.15) is 12.1 Å². The Morgan fingerprint density at radius 1 is 1.62 bits per heavy atom. The van der Waals surface area contributed by atoms with Gasteiger partial charge in [-0.15, -0.1) is 0 Å². The fourth-order valence-corrected chi connectivity index (χ4v) is 1.18. The SMILES string of the molecule is COc1c(Cl)cc(N)nc1C(F)F. The van der Waals surface area contributed by atoms with Crippen LogP contribution in [0, 0.1) is 0 Å². The minimum Gasteiger partial charge on any atom is -0.493 e. The summed E-state index contributed by atoms with van der Waals surface area (Å²) < 4.78 is 29.3. The third-order valence-corrected chi connectivity index (χ3v) is 1.67. The Hall–Kier alpha value is -1.10. The highest BCUT2D eigenvalue weighted by Crippen LogP contribution is 2.34. The molecule has 3 nitrogen and oxygen atoms in total. The monoisotopic (exact) mass is 208 g/mol. The Labute approximate surface area is 78.5 Å². The summed E-state index contributed by atoms with van der Waals surface area (Å²) in [5, 5.41) is 0.0327. The molecule has 1 aromatic rings. The van der Waals surface area contributed by atoms with Gasteiger partial charge in [-0.2, -0.15) is 0 Å². The van der Waals surface area contributed by atoms with Gasteiger partial charge in [-0.1, -0.05) is 11.6 Å². The molecule has 0 amide bonds. The molecule has 0 spiro atoms. The zero-order valence-electron chi connectivity index (χ0n) is 6.72. The minimum atomic E-state index is -2.75. The number of nitrogens with zero attached hydrogens (tertiary/aromatic N) is 1. The number of halogens is 3. The largest absolute Gasteiger partial charge is 0.493 e. The standard InChI is InChI=1S/C7H7ClF2N2O/c1-13-6-3(8)2-4(11)12-5(6)7(9)10/h2,7H,1H3,(H2,11,12). The molecule has 0 unspecified atom stereocenters. The van der Waals surface area contributed by atoms with Crippen molar-refractivity contribution in [1.82, 2.24) is 4.98 Å². The molecule has 1 aromatic heterocycles. The predicted molar refractivity (Wildman–Crippen MR) is 45.2 cm³/mol. The van der Waals surface area contributed by atoms with Crippen LogP contribution in [-0.4, -0.2) is 12.1 Å². The zero-order chi connectivity index (χ0) is 10.0. The van der Waals surface area contributed by atoms with Gasteiger partial charge in [0.1, 0.15) is 5.82 Å². The summed E-state index contributed by atoms with van der Waals surface area (Å²) in [5.41, 5.74) is 4.70. The molecule has 0 aliphatic rings. The van der Waals surface area contributed by atoms with E-state index >= 15 is 0 Å². The summed E-state index contributed by atoms with van der Waals surface area (Å²) in [4.78, 5) is 3.42. The lowest BCUT2D eigenvalue weighted by molar-refractivity contribution is 0.141. The Morgan fingerprint density at radius 3 is 2.69 bits per heavy atom. The maximum atomic E-state index is 12.3. The average molecular weight is 209 g/mol. The molecule has 6 heteroatoms. The molecule has 1 rings (SSSR count). The lowest BCUT2D eigenvalue weighted by atomic mass is 10.3. The van der Waals surface area contributed by atoms with Gasteiger partial charge in [-0.25, -0.2) is 13.8 Å². The second kappa shape index (κ2) is 3.74. The van der Waals surface area contributed by atoms with Crippen molar-refractivity contribution in [2.45, 2.75) is 6.43 Å². The first-order valence-corrected chi connectivity index (χ1v) is 3.72. The van der Waals surface area contributed by atoms with Crippen LogP contribution in [0.2, 0.25) is 5.02 Å². The number of pyridine rings is 1. The van der Waals surface area contributed by atoms with Crippen molar-refractivity contribution in [1.29, 1.82) is 0 Å². The van der Waals surface area contributed by atoms with Crippen LogP contribution >= 0.6 is 11.6 Å². The minimum absolute atomic E-state index is 0.0327. The van der Waals surface area contributed by atoms with Gasteiger partial charge >= 0.3 is 0 Å². The van der Waals surface area contributed by atoms with E-state index in [-0.39, 0.29) is 16.6 Å². The van der Waals surface area contributed by atoms with E-state index in [1.165, 1.54) is 13.2 Å². The Morgan fingerprint density at radius 2 is 2.23 bits per heavy atom. The number of rotatable bonds is 2. The Balaban J connectivity index is 3.29. The molecule has 0 bridgehead atoms. The number of hydrogen-bond donors (Lipinski definition) is 1. The van der Waals surface area contributed by atoms with Crippen LogP contribution in [0.3, 0.4) is 0 Å². The maximum absolute atomic E-state index is 12.3. The number of alkyl halides is 2. The van der Waals surface area contributed by atoms with E-state index in [0.717, 1.165) is 0 Å². The molecule has 0 aliphatic carbocycles. The normalized spacial score (nSPS) is 10.5. The summed E-state index contributed by atoms with van der Waals surface area (Å²) in [6.07, 6.45) is -2.75. The quantitative estimate of drug-likeness (QED) is 0.811. The van der Waals surface area contributed by atoms with E-state index in [4.69, 9.17) is 17.3 Å². The van der Waals surface area contributed by atoms with Crippen LogP contribution < -0.4 is 10.5 Å². The molecular formula is C7H7ClF2N2O. The third-order valence-electron chi connectivity index (χ3n) is 1.38. The molecular weight excluding hydrogens is 202 g/mol. The summed E-state index contributed by atoms with van der Waals surface area (Å²) in [6.45, 7) is 0. The summed E-state index contributed by atoms with van der Waals surface area (Å²) in [6, 6.07) is 1.26. The van der Waals surface area contributed by atoms with Gasteiger partial charge in [0.05, 0.1) is 12.1 Å². The average Bonchev–Trinajstić information content (AvgIpc) is 2.02. The number of nitrogens with two attached hydrogens (primary N) is 1. The van der Waals surface area contributed by atoms with E-state index in [1.807, 2.05) is 0 Å². The lowest BCUT2D eigenvalue weighted by Gasteiger charge is -2.08. The number of methoxy groups -OCH3 is 1. The van der Waals surface area contributed by atoms with Gasteiger partial charge in [0, 0.05) is 6.07 Å². The van der Waals surface area contributed by atoms with E-state index < -0.39 is 12.1 Å².